The Balaban J connectivity index is 1.47. The quantitative estimate of drug-likeness (QED) is 0.624. The highest BCUT2D eigenvalue weighted by Gasteiger charge is 2.20. The van der Waals surface area contributed by atoms with Gasteiger partial charge in [0.05, 0.1) is 11.3 Å². The normalized spacial score (nSPS) is 12.5. The summed E-state index contributed by atoms with van der Waals surface area (Å²) in [5, 5.41) is 14.6. The van der Waals surface area contributed by atoms with E-state index in [-0.39, 0.29) is 11.8 Å². The van der Waals surface area contributed by atoms with Gasteiger partial charge in [-0.25, -0.2) is 0 Å². The van der Waals surface area contributed by atoms with E-state index < -0.39 is 0 Å². The fourth-order valence-electron chi connectivity index (χ4n) is 2.66. The molecule has 1 aromatic heterocycles. The highest BCUT2D eigenvalue weighted by Crippen LogP contribution is 2.38. The van der Waals surface area contributed by atoms with Gasteiger partial charge in [-0.15, -0.1) is 10.2 Å². The minimum Gasteiger partial charge on any atom is -0.374 e. The van der Waals surface area contributed by atoms with Gasteiger partial charge in [0.25, 0.3) is 11.8 Å². The fraction of sp³-hybridized carbons (Fsp3) is 0.111. The van der Waals surface area contributed by atoms with Crippen LogP contribution in [0.15, 0.2) is 52.3 Å². The van der Waals surface area contributed by atoms with Crippen LogP contribution in [-0.4, -0.2) is 28.6 Å². The number of carbonyl (C=O) groups is 2. The van der Waals surface area contributed by atoms with Crippen molar-refractivity contribution in [2.75, 3.05) is 17.6 Å². The molecule has 0 aliphatic carbocycles. The molecule has 4 N–H and O–H groups in total. The van der Waals surface area contributed by atoms with E-state index in [1.165, 1.54) is 23.1 Å². The van der Waals surface area contributed by atoms with Crippen LogP contribution in [0.2, 0.25) is 0 Å². The third-order valence-corrected chi connectivity index (χ3v) is 5.91. The molecule has 0 spiro atoms. The van der Waals surface area contributed by atoms with Crippen LogP contribution < -0.4 is 16.4 Å². The fourth-order valence-corrected chi connectivity index (χ4v) is 4.28. The zero-order valence-electron chi connectivity index (χ0n) is 14.1. The first kappa shape index (κ1) is 17.5. The van der Waals surface area contributed by atoms with Crippen LogP contribution in [0, 0.1) is 0 Å². The molecule has 0 fully saturated rings. The molecule has 1 aliphatic rings. The van der Waals surface area contributed by atoms with Crippen LogP contribution in [0.4, 0.5) is 10.8 Å². The number of hydrogen-bond acceptors (Lipinski definition) is 7. The maximum absolute atomic E-state index is 12.4. The first-order chi connectivity index (χ1) is 13.1. The van der Waals surface area contributed by atoms with E-state index in [4.69, 9.17) is 5.73 Å². The van der Waals surface area contributed by atoms with Gasteiger partial charge in [-0.3, -0.25) is 9.59 Å². The van der Waals surface area contributed by atoms with Crippen LogP contribution in [0.5, 0.6) is 0 Å². The molecule has 0 atom stereocenters. The molecular formula is C18H15N5O2S2. The SMILES string of the molecule is Nc1nnc(CCNC(=O)c2ccc3c(c2)NC(=O)c2ccccc2S3)s1. The average Bonchev–Trinajstić information content (AvgIpc) is 3.02. The summed E-state index contributed by atoms with van der Waals surface area (Å²) in [4.78, 5) is 26.6. The van der Waals surface area contributed by atoms with Gasteiger partial charge in [0, 0.05) is 28.3 Å². The van der Waals surface area contributed by atoms with Crippen LogP contribution >= 0.6 is 23.1 Å². The van der Waals surface area contributed by atoms with Crippen LogP contribution in [0.3, 0.4) is 0 Å². The van der Waals surface area contributed by atoms with Gasteiger partial charge in [0.15, 0.2) is 0 Å². The predicted molar refractivity (Wildman–Crippen MR) is 105 cm³/mol. The maximum atomic E-state index is 12.4. The number of nitrogens with zero attached hydrogens (tertiary/aromatic N) is 2. The Hall–Kier alpha value is -2.91. The molecule has 1 aliphatic heterocycles. The molecule has 0 bridgehead atoms. The van der Waals surface area contributed by atoms with Crippen molar-refractivity contribution in [1.82, 2.24) is 15.5 Å². The molecule has 136 valence electrons. The molecule has 0 radical (unpaired) electrons. The monoisotopic (exact) mass is 397 g/mol. The molecular weight excluding hydrogens is 382 g/mol. The molecule has 2 amide bonds. The van der Waals surface area contributed by atoms with Crippen molar-refractivity contribution in [2.45, 2.75) is 16.2 Å². The van der Waals surface area contributed by atoms with Gasteiger partial charge in [0.2, 0.25) is 5.13 Å². The van der Waals surface area contributed by atoms with Crippen molar-refractivity contribution < 1.29 is 9.59 Å². The zero-order valence-corrected chi connectivity index (χ0v) is 15.7. The van der Waals surface area contributed by atoms with Gasteiger partial charge in [-0.1, -0.05) is 35.2 Å². The number of benzene rings is 2. The average molecular weight is 397 g/mol. The molecule has 0 unspecified atom stereocenters. The topological polar surface area (TPSA) is 110 Å². The minimum absolute atomic E-state index is 0.178. The third kappa shape index (κ3) is 3.79. The number of nitrogens with one attached hydrogen (secondary N) is 2. The summed E-state index contributed by atoms with van der Waals surface area (Å²) in [5.41, 5.74) is 7.28. The summed E-state index contributed by atoms with van der Waals surface area (Å²) in [7, 11) is 0. The molecule has 2 aromatic carbocycles. The molecule has 7 nitrogen and oxygen atoms in total. The van der Waals surface area contributed by atoms with Gasteiger partial charge >= 0.3 is 0 Å². The predicted octanol–water partition coefficient (Wildman–Crippen LogP) is 2.81. The molecule has 3 aromatic rings. The number of carbonyl (C=O) groups excluding carboxylic acids is 2. The van der Waals surface area contributed by atoms with Crippen molar-refractivity contribution in [3.63, 3.8) is 0 Å². The number of nitrogen functional groups attached to an aromatic ring is 1. The van der Waals surface area contributed by atoms with Crippen LogP contribution in [0.25, 0.3) is 0 Å². The van der Waals surface area contributed by atoms with E-state index in [0.717, 1.165) is 14.8 Å². The second-order valence-electron chi connectivity index (χ2n) is 5.80. The summed E-state index contributed by atoms with van der Waals surface area (Å²) in [6, 6.07) is 12.7. The lowest BCUT2D eigenvalue weighted by Crippen LogP contribution is -2.25. The Kier molecular flexibility index (Phi) is 4.78. The number of anilines is 2. The Bertz CT molecular complexity index is 1030. The second kappa shape index (κ2) is 7.37. The molecule has 27 heavy (non-hydrogen) atoms. The lowest BCUT2D eigenvalue weighted by Gasteiger charge is -2.09. The molecule has 0 saturated heterocycles. The smallest absolute Gasteiger partial charge is 0.256 e. The highest BCUT2D eigenvalue weighted by atomic mass is 32.2. The largest absolute Gasteiger partial charge is 0.374 e. The van der Waals surface area contributed by atoms with Gasteiger partial charge in [0.1, 0.15) is 5.01 Å². The van der Waals surface area contributed by atoms with E-state index in [0.29, 0.717) is 34.9 Å². The lowest BCUT2D eigenvalue weighted by atomic mass is 10.1. The molecule has 4 rings (SSSR count). The lowest BCUT2D eigenvalue weighted by molar-refractivity contribution is 0.0952. The third-order valence-electron chi connectivity index (χ3n) is 3.95. The Labute approximate surface area is 163 Å². The van der Waals surface area contributed by atoms with E-state index in [1.54, 1.807) is 18.2 Å². The first-order valence-corrected chi connectivity index (χ1v) is 9.82. The Morgan fingerprint density at radius 1 is 1.15 bits per heavy atom. The number of hydrogen-bond donors (Lipinski definition) is 3. The summed E-state index contributed by atoms with van der Waals surface area (Å²) < 4.78 is 0. The van der Waals surface area contributed by atoms with Gasteiger partial charge in [-0.2, -0.15) is 0 Å². The molecule has 2 heterocycles. The van der Waals surface area contributed by atoms with Gasteiger partial charge < -0.3 is 16.4 Å². The van der Waals surface area contributed by atoms with E-state index in [1.807, 2.05) is 24.3 Å². The minimum atomic E-state index is -0.212. The summed E-state index contributed by atoms with van der Waals surface area (Å²) in [6.07, 6.45) is 0.563. The molecule has 0 saturated carbocycles. The van der Waals surface area contributed by atoms with Crippen LogP contribution in [0.1, 0.15) is 25.7 Å². The number of aromatic nitrogens is 2. The number of amides is 2. The second-order valence-corrected chi connectivity index (χ2v) is 7.98. The number of nitrogens with two attached hydrogens (primary N) is 1. The number of fused-ring (bicyclic) bond motifs is 2. The number of rotatable bonds is 4. The van der Waals surface area contributed by atoms with Crippen molar-refractivity contribution >= 4 is 45.7 Å². The van der Waals surface area contributed by atoms with E-state index in [2.05, 4.69) is 20.8 Å². The first-order valence-electron chi connectivity index (χ1n) is 8.18. The van der Waals surface area contributed by atoms with E-state index in [9.17, 15) is 9.59 Å². The van der Waals surface area contributed by atoms with Crippen molar-refractivity contribution in [3.05, 3.63) is 58.6 Å². The van der Waals surface area contributed by atoms with Crippen molar-refractivity contribution in [1.29, 1.82) is 0 Å². The van der Waals surface area contributed by atoms with Crippen molar-refractivity contribution in [2.24, 2.45) is 0 Å². The summed E-state index contributed by atoms with van der Waals surface area (Å²) in [5.74, 6) is -0.389. The Morgan fingerprint density at radius 3 is 2.81 bits per heavy atom. The Morgan fingerprint density at radius 2 is 2.00 bits per heavy atom. The summed E-state index contributed by atoms with van der Waals surface area (Å²) in [6.45, 7) is 0.428. The van der Waals surface area contributed by atoms with E-state index >= 15 is 0 Å². The molecule has 9 heteroatoms. The van der Waals surface area contributed by atoms with Crippen molar-refractivity contribution in [3.8, 4) is 0 Å². The maximum Gasteiger partial charge on any atom is 0.256 e. The standard InChI is InChI=1S/C18H15N5O2S2/c19-18-23-22-15(27-18)7-8-20-16(24)10-5-6-14-12(9-10)21-17(25)11-3-1-2-4-13(11)26-14/h1-6,9H,7-8H2,(H2,19,23)(H,20,24)(H,21,25). The highest BCUT2D eigenvalue weighted by molar-refractivity contribution is 7.99. The summed E-state index contributed by atoms with van der Waals surface area (Å²) >= 11 is 2.81. The zero-order chi connectivity index (χ0) is 18.8. The van der Waals surface area contributed by atoms with Gasteiger partial charge in [-0.05, 0) is 30.3 Å². The van der Waals surface area contributed by atoms with Crippen LogP contribution in [-0.2, 0) is 6.42 Å².